The number of carbonyl (C=O) groups is 1. The second-order valence-electron chi connectivity index (χ2n) is 6.60. The Morgan fingerprint density at radius 3 is 2.71 bits per heavy atom. The predicted molar refractivity (Wildman–Crippen MR) is 115 cm³/mol. The predicted octanol–water partition coefficient (Wildman–Crippen LogP) is 5.46. The maximum absolute atomic E-state index is 12.5. The van der Waals surface area contributed by atoms with E-state index in [0.717, 1.165) is 43.4 Å². The van der Waals surface area contributed by atoms with Crippen molar-refractivity contribution in [3.63, 3.8) is 0 Å². The Kier molecular flexibility index (Phi) is 5.08. The van der Waals surface area contributed by atoms with E-state index in [1.54, 1.807) is 18.4 Å². The number of hydrogen-bond acceptors (Lipinski definition) is 4. The van der Waals surface area contributed by atoms with Gasteiger partial charge in [0.2, 0.25) is 5.91 Å². The number of rotatable bonds is 5. The van der Waals surface area contributed by atoms with Gasteiger partial charge in [0.15, 0.2) is 0 Å². The van der Waals surface area contributed by atoms with E-state index in [4.69, 9.17) is 9.72 Å². The van der Waals surface area contributed by atoms with E-state index in [0.29, 0.717) is 6.42 Å². The van der Waals surface area contributed by atoms with Crippen molar-refractivity contribution >= 4 is 33.1 Å². The summed E-state index contributed by atoms with van der Waals surface area (Å²) in [7, 11) is 1.65. The van der Waals surface area contributed by atoms with Crippen LogP contribution in [0.2, 0.25) is 0 Å². The SMILES string of the molecule is COc1ccc(CC(=O)Nc2cccc(-c3nc4ccccc4s3)c2)cc1C. The number of benzene rings is 3. The largest absolute Gasteiger partial charge is 0.496 e. The number of ether oxygens (including phenoxy) is 1. The average Bonchev–Trinajstić information content (AvgIpc) is 3.12. The van der Waals surface area contributed by atoms with Gasteiger partial charge in [-0.25, -0.2) is 4.98 Å². The molecule has 1 amide bonds. The first-order valence-electron chi connectivity index (χ1n) is 9.02. The molecule has 0 saturated heterocycles. The fourth-order valence-electron chi connectivity index (χ4n) is 3.17. The van der Waals surface area contributed by atoms with Crippen LogP contribution in [0.3, 0.4) is 0 Å². The van der Waals surface area contributed by atoms with Crippen LogP contribution in [-0.4, -0.2) is 18.0 Å². The first-order valence-corrected chi connectivity index (χ1v) is 9.83. The van der Waals surface area contributed by atoms with Crippen molar-refractivity contribution in [3.05, 3.63) is 77.9 Å². The molecule has 0 fully saturated rings. The standard InChI is InChI=1S/C23H20N2O2S/c1-15-12-16(10-11-20(15)27-2)13-22(26)24-18-7-5-6-17(14-18)23-25-19-8-3-4-9-21(19)28-23/h3-12,14H,13H2,1-2H3,(H,24,26). The minimum Gasteiger partial charge on any atom is -0.496 e. The van der Waals surface area contributed by atoms with Crippen molar-refractivity contribution in [2.75, 3.05) is 12.4 Å². The summed E-state index contributed by atoms with van der Waals surface area (Å²) in [6.07, 6.45) is 0.316. The van der Waals surface area contributed by atoms with E-state index >= 15 is 0 Å². The number of nitrogens with zero attached hydrogens (tertiary/aromatic N) is 1. The molecule has 4 nitrogen and oxygen atoms in total. The minimum absolute atomic E-state index is 0.0500. The third-order valence-electron chi connectivity index (χ3n) is 4.51. The Bertz CT molecular complexity index is 1120. The van der Waals surface area contributed by atoms with Crippen LogP contribution in [-0.2, 0) is 11.2 Å². The Hall–Kier alpha value is -3.18. The number of para-hydroxylation sites is 1. The fraction of sp³-hybridized carbons (Fsp3) is 0.130. The summed E-state index contributed by atoms with van der Waals surface area (Å²) in [6, 6.07) is 21.7. The van der Waals surface area contributed by atoms with Gasteiger partial charge < -0.3 is 10.1 Å². The summed E-state index contributed by atoms with van der Waals surface area (Å²) >= 11 is 1.65. The van der Waals surface area contributed by atoms with Crippen LogP contribution < -0.4 is 10.1 Å². The highest BCUT2D eigenvalue weighted by Crippen LogP contribution is 2.31. The van der Waals surface area contributed by atoms with Crippen LogP contribution in [0.1, 0.15) is 11.1 Å². The summed E-state index contributed by atoms with van der Waals surface area (Å²) in [6.45, 7) is 1.97. The van der Waals surface area contributed by atoms with Gasteiger partial charge in [-0.1, -0.05) is 36.4 Å². The Labute approximate surface area is 167 Å². The molecule has 4 aromatic rings. The first kappa shape index (κ1) is 18.2. The molecule has 1 heterocycles. The van der Waals surface area contributed by atoms with E-state index in [1.165, 1.54) is 0 Å². The molecule has 1 aromatic heterocycles. The number of aryl methyl sites for hydroxylation is 1. The van der Waals surface area contributed by atoms with Crippen molar-refractivity contribution < 1.29 is 9.53 Å². The molecule has 3 aromatic carbocycles. The smallest absolute Gasteiger partial charge is 0.228 e. The molecule has 1 N–H and O–H groups in total. The van der Waals surface area contributed by atoms with Gasteiger partial charge in [0.1, 0.15) is 10.8 Å². The zero-order valence-corrected chi connectivity index (χ0v) is 16.5. The molecule has 4 rings (SSSR count). The van der Waals surface area contributed by atoms with Gasteiger partial charge in [-0.3, -0.25) is 4.79 Å². The lowest BCUT2D eigenvalue weighted by Crippen LogP contribution is -2.14. The third kappa shape index (κ3) is 3.89. The van der Waals surface area contributed by atoms with Crippen LogP contribution >= 0.6 is 11.3 Å². The summed E-state index contributed by atoms with van der Waals surface area (Å²) < 4.78 is 6.43. The summed E-state index contributed by atoms with van der Waals surface area (Å²) in [5, 5.41) is 3.94. The number of anilines is 1. The highest BCUT2D eigenvalue weighted by Gasteiger charge is 2.09. The molecule has 0 aliphatic heterocycles. The molecule has 0 aliphatic carbocycles. The van der Waals surface area contributed by atoms with Crippen LogP contribution in [0.15, 0.2) is 66.7 Å². The van der Waals surface area contributed by atoms with Gasteiger partial charge in [0, 0.05) is 11.3 Å². The van der Waals surface area contributed by atoms with Crippen LogP contribution in [0.4, 0.5) is 5.69 Å². The second-order valence-corrected chi connectivity index (χ2v) is 7.63. The zero-order valence-electron chi connectivity index (χ0n) is 15.7. The van der Waals surface area contributed by atoms with Gasteiger partial charge in [0.25, 0.3) is 0 Å². The van der Waals surface area contributed by atoms with Gasteiger partial charge in [-0.15, -0.1) is 11.3 Å². The molecule has 5 heteroatoms. The molecule has 0 radical (unpaired) electrons. The number of thiazole rings is 1. The van der Waals surface area contributed by atoms with Crippen molar-refractivity contribution in [2.24, 2.45) is 0 Å². The third-order valence-corrected chi connectivity index (χ3v) is 5.60. The number of carbonyl (C=O) groups excluding carboxylic acids is 1. The van der Waals surface area contributed by atoms with Crippen LogP contribution in [0, 0.1) is 6.92 Å². The van der Waals surface area contributed by atoms with Gasteiger partial charge in [-0.05, 0) is 48.4 Å². The fourth-order valence-corrected chi connectivity index (χ4v) is 4.13. The number of hydrogen-bond donors (Lipinski definition) is 1. The lowest BCUT2D eigenvalue weighted by molar-refractivity contribution is -0.115. The number of nitrogens with one attached hydrogen (secondary N) is 1. The van der Waals surface area contributed by atoms with E-state index in [1.807, 2.05) is 67.6 Å². The quantitative estimate of drug-likeness (QED) is 0.494. The van der Waals surface area contributed by atoms with Gasteiger partial charge in [0.05, 0.1) is 23.7 Å². The molecule has 0 saturated carbocycles. The Morgan fingerprint density at radius 1 is 1.07 bits per heavy atom. The van der Waals surface area contributed by atoms with Crippen molar-refractivity contribution in [1.82, 2.24) is 4.98 Å². The lowest BCUT2D eigenvalue weighted by Gasteiger charge is -2.09. The normalized spacial score (nSPS) is 10.8. The second kappa shape index (κ2) is 7.82. The molecule has 28 heavy (non-hydrogen) atoms. The van der Waals surface area contributed by atoms with Crippen molar-refractivity contribution in [3.8, 4) is 16.3 Å². The highest BCUT2D eigenvalue weighted by atomic mass is 32.1. The summed E-state index contributed by atoms with van der Waals surface area (Å²) in [5.41, 5.74) is 4.74. The lowest BCUT2D eigenvalue weighted by atomic mass is 10.1. The van der Waals surface area contributed by atoms with Crippen molar-refractivity contribution in [2.45, 2.75) is 13.3 Å². The number of aromatic nitrogens is 1. The molecule has 0 atom stereocenters. The summed E-state index contributed by atoms with van der Waals surface area (Å²) in [4.78, 5) is 17.2. The molecular weight excluding hydrogens is 368 g/mol. The van der Waals surface area contributed by atoms with Crippen LogP contribution in [0.25, 0.3) is 20.8 Å². The van der Waals surface area contributed by atoms with Gasteiger partial charge in [-0.2, -0.15) is 0 Å². The highest BCUT2D eigenvalue weighted by molar-refractivity contribution is 7.21. The van der Waals surface area contributed by atoms with E-state index in [-0.39, 0.29) is 5.91 Å². The number of amides is 1. The maximum atomic E-state index is 12.5. The average molecular weight is 388 g/mol. The van der Waals surface area contributed by atoms with Crippen molar-refractivity contribution in [1.29, 1.82) is 0 Å². The Balaban J connectivity index is 1.50. The van der Waals surface area contributed by atoms with E-state index in [2.05, 4.69) is 11.4 Å². The van der Waals surface area contributed by atoms with E-state index in [9.17, 15) is 4.79 Å². The molecule has 140 valence electrons. The maximum Gasteiger partial charge on any atom is 0.228 e. The van der Waals surface area contributed by atoms with Crippen LogP contribution in [0.5, 0.6) is 5.75 Å². The number of fused-ring (bicyclic) bond motifs is 1. The minimum atomic E-state index is -0.0500. The van der Waals surface area contributed by atoms with E-state index < -0.39 is 0 Å². The molecule has 0 bridgehead atoms. The zero-order chi connectivity index (χ0) is 19.5. The molecule has 0 spiro atoms. The Morgan fingerprint density at radius 2 is 1.93 bits per heavy atom. The molecular formula is C23H20N2O2S. The first-order chi connectivity index (χ1) is 13.6. The summed E-state index contributed by atoms with van der Waals surface area (Å²) in [5.74, 6) is 0.777. The number of methoxy groups -OCH3 is 1. The molecule has 0 aliphatic rings. The topological polar surface area (TPSA) is 51.2 Å². The molecule has 0 unspecified atom stereocenters. The van der Waals surface area contributed by atoms with Gasteiger partial charge >= 0.3 is 0 Å². The monoisotopic (exact) mass is 388 g/mol.